The molecule has 0 aromatic rings. The SMILES string of the molecule is O=C(O)OO.[AlH3].[HH].[MgH2]. The fourth-order valence-corrected chi connectivity index (χ4v) is 0. The van der Waals surface area contributed by atoms with Gasteiger partial charge in [-0.3, -0.25) is 4.89 Å². The van der Waals surface area contributed by atoms with E-state index in [4.69, 9.17) is 15.2 Å². The molecule has 0 atom stereocenters. The van der Waals surface area contributed by atoms with Crippen molar-refractivity contribution < 1.29 is 21.5 Å². The minimum absolute atomic E-state index is 0. The van der Waals surface area contributed by atoms with Crippen molar-refractivity contribution in [3.63, 3.8) is 0 Å². The Labute approximate surface area is 68.2 Å². The zero-order valence-corrected chi connectivity index (χ0v) is 2.21. The second kappa shape index (κ2) is 9.73. The van der Waals surface area contributed by atoms with Gasteiger partial charge in [-0.2, -0.15) is 5.26 Å². The number of hydrogen-bond acceptors (Lipinski definition) is 3. The highest BCUT2D eigenvalue weighted by molar-refractivity contribution is 5.76. The molecule has 0 rings (SSSR count). The van der Waals surface area contributed by atoms with Crippen LogP contribution in [-0.2, 0) is 4.89 Å². The molecule has 0 aliphatic heterocycles. The molecular weight excluding hydrogens is 127 g/mol. The molecule has 0 radical (unpaired) electrons. The maximum absolute atomic E-state index is 8.90. The van der Waals surface area contributed by atoms with Gasteiger partial charge in [-0.1, -0.05) is 0 Å². The van der Waals surface area contributed by atoms with Crippen molar-refractivity contribution in [3.05, 3.63) is 0 Å². The smallest absolute Gasteiger partial charge is 0.448 e. The quantitative estimate of drug-likeness (QED) is 0.237. The monoisotopic (exact) mass is 136 g/mol. The first kappa shape index (κ1) is 15.6. The first-order chi connectivity index (χ1) is 2.27. The second-order valence-electron chi connectivity index (χ2n) is 0.357. The maximum atomic E-state index is 8.90. The molecule has 0 aromatic heterocycles. The van der Waals surface area contributed by atoms with Gasteiger partial charge in [0.15, 0.2) is 17.4 Å². The van der Waals surface area contributed by atoms with Crippen LogP contribution in [0.1, 0.15) is 1.43 Å². The van der Waals surface area contributed by atoms with E-state index in [0.717, 1.165) is 0 Å². The van der Waals surface area contributed by atoms with Crippen LogP contribution in [0.2, 0.25) is 0 Å². The molecule has 6 heteroatoms. The number of carboxylic acid groups (broad SMARTS) is 1. The molecule has 0 amide bonds. The maximum Gasteiger partial charge on any atom is 0.537 e. The van der Waals surface area contributed by atoms with E-state index in [0.29, 0.717) is 0 Å². The lowest BCUT2D eigenvalue weighted by molar-refractivity contribution is -0.194. The largest absolute Gasteiger partial charge is 0.537 e. The van der Waals surface area contributed by atoms with Gasteiger partial charge in [-0.05, 0) is 0 Å². The third-order valence-corrected chi connectivity index (χ3v) is 0.0781. The summed E-state index contributed by atoms with van der Waals surface area (Å²) in [5, 5.41) is 14.3. The molecule has 7 heavy (non-hydrogen) atoms. The van der Waals surface area contributed by atoms with E-state index in [1.807, 2.05) is 0 Å². The van der Waals surface area contributed by atoms with Crippen LogP contribution in [0.5, 0.6) is 0 Å². The summed E-state index contributed by atoms with van der Waals surface area (Å²) >= 11 is 0. The van der Waals surface area contributed by atoms with E-state index in [2.05, 4.69) is 4.89 Å². The minimum atomic E-state index is -1.69. The second-order valence-corrected chi connectivity index (χ2v) is 0.357. The molecule has 0 aliphatic rings. The van der Waals surface area contributed by atoms with Gasteiger partial charge in [-0.25, -0.2) is 4.79 Å². The van der Waals surface area contributed by atoms with Crippen LogP contribution in [0.3, 0.4) is 0 Å². The van der Waals surface area contributed by atoms with Crippen molar-refractivity contribution in [3.8, 4) is 0 Å². The Morgan fingerprint density at radius 1 is 1.71 bits per heavy atom. The van der Waals surface area contributed by atoms with Crippen LogP contribution in [0.4, 0.5) is 4.79 Å². The lowest BCUT2D eigenvalue weighted by atomic mass is 11.5. The summed E-state index contributed by atoms with van der Waals surface area (Å²) in [5.41, 5.74) is 0. The highest BCUT2D eigenvalue weighted by Gasteiger charge is 1.84. The van der Waals surface area contributed by atoms with Gasteiger partial charge in [0.05, 0.1) is 0 Å². The fourth-order valence-electron chi connectivity index (χ4n) is 0. The van der Waals surface area contributed by atoms with Crippen molar-refractivity contribution >= 4 is 46.6 Å². The molecule has 0 bridgehead atoms. The van der Waals surface area contributed by atoms with Crippen LogP contribution in [0.25, 0.3) is 0 Å². The summed E-state index contributed by atoms with van der Waals surface area (Å²) < 4.78 is 0. The zero-order chi connectivity index (χ0) is 4.28. The summed E-state index contributed by atoms with van der Waals surface area (Å²) in [5.74, 6) is 0. The van der Waals surface area contributed by atoms with Crippen LogP contribution in [0.15, 0.2) is 0 Å². The average molecular weight is 136 g/mol. The topological polar surface area (TPSA) is 66.8 Å². The zero-order valence-electron chi connectivity index (χ0n) is 2.21. The van der Waals surface area contributed by atoms with Crippen LogP contribution >= 0.6 is 0 Å². The summed E-state index contributed by atoms with van der Waals surface area (Å²) in [6.07, 6.45) is -1.69. The number of hydrogen-bond donors (Lipinski definition) is 2. The Hall–Kier alpha value is 0.529. The Kier molecular flexibility index (Phi) is 21.7. The van der Waals surface area contributed by atoms with Crippen LogP contribution in [0, 0.1) is 0 Å². The van der Waals surface area contributed by atoms with E-state index in [1.54, 1.807) is 0 Å². The van der Waals surface area contributed by atoms with Crippen LogP contribution in [-0.4, -0.2) is 56.9 Å². The first-order valence-corrected chi connectivity index (χ1v) is 0.814. The molecule has 42 valence electrons. The van der Waals surface area contributed by atoms with Gasteiger partial charge in [0, 0.05) is 1.43 Å². The standard InChI is InChI=1S/CH2O4.Al.Mg.H2.5H/c2-1(3)5-4;;;;;;;;/h4H,(H,2,3);;;1H;;;;;. The molecule has 0 unspecified atom stereocenters. The van der Waals surface area contributed by atoms with Crippen molar-refractivity contribution in [1.82, 2.24) is 0 Å². The number of rotatable bonds is 0. The summed E-state index contributed by atoms with van der Waals surface area (Å²) in [7, 11) is 0. The molecule has 0 heterocycles. The molecule has 0 fully saturated rings. The third kappa shape index (κ3) is 20.9. The molecule has 0 saturated heterocycles. The van der Waals surface area contributed by atoms with E-state index in [-0.39, 0.29) is 41.8 Å². The average Bonchev–Trinajstić information content (AvgIpc) is 1.38. The van der Waals surface area contributed by atoms with Crippen LogP contribution < -0.4 is 0 Å². The molecule has 4 nitrogen and oxygen atoms in total. The van der Waals surface area contributed by atoms with Crippen molar-refractivity contribution in [2.45, 2.75) is 0 Å². The summed E-state index contributed by atoms with van der Waals surface area (Å²) in [6, 6.07) is 0. The molecule has 2 N–H and O–H groups in total. The Balaban J connectivity index is -0.0000000267. The highest BCUT2D eigenvalue weighted by atomic mass is 27.0. The van der Waals surface area contributed by atoms with Gasteiger partial charge >= 0.3 is 29.2 Å². The van der Waals surface area contributed by atoms with Gasteiger partial charge in [-0.15, -0.1) is 0 Å². The van der Waals surface area contributed by atoms with Crippen molar-refractivity contribution in [1.29, 1.82) is 0 Å². The van der Waals surface area contributed by atoms with E-state index >= 15 is 0 Å². The summed E-state index contributed by atoms with van der Waals surface area (Å²) in [6.45, 7) is 0. The lowest BCUT2D eigenvalue weighted by Gasteiger charge is -1.75. The molecule has 0 aliphatic carbocycles. The summed E-state index contributed by atoms with van der Waals surface area (Å²) in [4.78, 5) is 11.6. The van der Waals surface area contributed by atoms with E-state index < -0.39 is 6.16 Å². The van der Waals surface area contributed by atoms with Gasteiger partial charge in [0.2, 0.25) is 0 Å². The molecular formula is CH9AlMgO4. The third-order valence-electron chi connectivity index (χ3n) is 0.0781. The van der Waals surface area contributed by atoms with E-state index in [9.17, 15) is 0 Å². The Morgan fingerprint density at radius 3 is 1.86 bits per heavy atom. The number of carbonyl (C=O) groups is 1. The lowest BCUT2D eigenvalue weighted by Crippen LogP contribution is -1.91. The van der Waals surface area contributed by atoms with Crippen molar-refractivity contribution in [2.75, 3.05) is 0 Å². The fraction of sp³-hybridized carbons (Fsp3) is 0. The normalized spacial score (nSPS) is 4.71. The van der Waals surface area contributed by atoms with Crippen molar-refractivity contribution in [2.24, 2.45) is 0 Å². The Bertz CT molecular complexity index is 51.3. The molecule has 0 spiro atoms. The van der Waals surface area contributed by atoms with E-state index in [1.165, 1.54) is 0 Å². The highest BCUT2D eigenvalue weighted by Crippen LogP contribution is 1.59. The minimum Gasteiger partial charge on any atom is -0.448 e. The Morgan fingerprint density at radius 2 is 1.86 bits per heavy atom. The van der Waals surface area contributed by atoms with Gasteiger partial charge < -0.3 is 5.11 Å². The predicted molar refractivity (Wildman–Crippen MR) is 32.3 cm³/mol. The molecule has 0 aromatic carbocycles. The first-order valence-electron chi connectivity index (χ1n) is 0.814. The predicted octanol–water partition coefficient (Wildman–Crippen LogP) is -1.70. The molecule has 0 saturated carbocycles. The van der Waals surface area contributed by atoms with Gasteiger partial charge in [0.25, 0.3) is 0 Å². The van der Waals surface area contributed by atoms with Gasteiger partial charge in [0.1, 0.15) is 0 Å².